The molecule has 0 bridgehead atoms. The van der Waals surface area contributed by atoms with Crippen molar-refractivity contribution in [1.82, 2.24) is 15.1 Å². The molecule has 1 aromatic carbocycles. The highest BCUT2D eigenvalue weighted by atomic mass is 16.5. The molecule has 2 aliphatic rings. The molecule has 2 heterocycles. The number of benzene rings is 1. The molecular formula is C21H34N4O. The summed E-state index contributed by atoms with van der Waals surface area (Å²) in [7, 11) is 3.62. The first-order valence-corrected chi connectivity index (χ1v) is 10.0. The number of hydrogen-bond acceptors (Lipinski definition) is 3. The van der Waals surface area contributed by atoms with Crippen LogP contribution >= 0.6 is 0 Å². The van der Waals surface area contributed by atoms with Crippen LogP contribution in [0.1, 0.15) is 44.2 Å². The van der Waals surface area contributed by atoms with Gasteiger partial charge in [-0.05, 0) is 62.4 Å². The molecule has 2 unspecified atom stereocenters. The Morgan fingerprint density at radius 3 is 2.54 bits per heavy atom. The van der Waals surface area contributed by atoms with Crippen LogP contribution in [0.3, 0.4) is 0 Å². The van der Waals surface area contributed by atoms with Gasteiger partial charge in [-0.2, -0.15) is 0 Å². The Morgan fingerprint density at radius 2 is 1.92 bits per heavy atom. The lowest BCUT2D eigenvalue weighted by molar-refractivity contribution is 0.236. The Hall–Kier alpha value is -1.75. The predicted molar refractivity (Wildman–Crippen MR) is 108 cm³/mol. The monoisotopic (exact) mass is 358 g/mol. The first-order chi connectivity index (χ1) is 12.7. The van der Waals surface area contributed by atoms with Crippen molar-refractivity contribution in [3.05, 3.63) is 29.8 Å². The number of hydrogen-bond donors (Lipinski definition) is 1. The lowest BCUT2D eigenvalue weighted by atomic mass is 10.0. The van der Waals surface area contributed by atoms with E-state index in [1.165, 1.54) is 44.3 Å². The van der Waals surface area contributed by atoms with Gasteiger partial charge in [0, 0.05) is 26.7 Å². The molecule has 0 aliphatic carbocycles. The molecular weight excluding hydrogens is 324 g/mol. The summed E-state index contributed by atoms with van der Waals surface area (Å²) in [4.78, 5) is 9.58. The first-order valence-electron chi connectivity index (χ1n) is 10.0. The summed E-state index contributed by atoms with van der Waals surface area (Å²) in [6.07, 6.45) is 5.18. The molecule has 0 radical (unpaired) electrons. The van der Waals surface area contributed by atoms with Gasteiger partial charge in [0.2, 0.25) is 0 Å². The average molecular weight is 359 g/mol. The minimum atomic E-state index is 0.377. The molecule has 144 valence electrons. The number of likely N-dealkylation sites (tertiary alicyclic amines) is 2. The second-order valence-corrected chi connectivity index (χ2v) is 7.65. The zero-order chi connectivity index (χ0) is 18.4. The van der Waals surface area contributed by atoms with Crippen LogP contribution in [0.5, 0.6) is 5.75 Å². The quantitative estimate of drug-likeness (QED) is 0.648. The summed E-state index contributed by atoms with van der Waals surface area (Å²) in [6.45, 7) is 7.81. The Balaban J connectivity index is 1.68. The molecule has 0 saturated carbocycles. The standard InChI is InChI=1S/C21H34N4O/c1-17-7-6-14-25(16-17)21(22-2)23-15-20(24-12-4-5-13-24)18-8-10-19(26-3)11-9-18/h8-11,17,20H,4-7,12-16H2,1-3H3,(H,22,23). The molecule has 0 spiro atoms. The highest BCUT2D eigenvalue weighted by Gasteiger charge is 2.25. The van der Waals surface area contributed by atoms with E-state index in [1.807, 2.05) is 7.05 Å². The van der Waals surface area contributed by atoms with Gasteiger partial charge in [0.05, 0.1) is 13.2 Å². The van der Waals surface area contributed by atoms with Gasteiger partial charge in [0.25, 0.3) is 0 Å². The van der Waals surface area contributed by atoms with E-state index in [9.17, 15) is 0 Å². The molecule has 0 amide bonds. The van der Waals surface area contributed by atoms with E-state index >= 15 is 0 Å². The minimum Gasteiger partial charge on any atom is -0.497 e. The van der Waals surface area contributed by atoms with Gasteiger partial charge in [0.15, 0.2) is 5.96 Å². The average Bonchev–Trinajstić information content (AvgIpc) is 3.20. The second kappa shape index (κ2) is 9.26. The molecule has 3 rings (SSSR count). The fraction of sp³-hybridized carbons (Fsp3) is 0.667. The molecule has 2 fully saturated rings. The normalized spacial score (nSPS) is 23.1. The van der Waals surface area contributed by atoms with Crippen LogP contribution in [0.15, 0.2) is 29.3 Å². The van der Waals surface area contributed by atoms with Gasteiger partial charge in [-0.3, -0.25) is 9.89 Å². The van der Waals surface area contributed by atoms with E-state index < -0.39 is 0 Å². The fourth-order valence-corrected chi connectivity index (χ4v) is 4.24. The highest BCUT2D eigenvalue weighted by molar-refractivity contribution is 5.80. The van der Waals surface area contributed by atoms with Crippen LogP contribution < -0.4 is 10.1 Å². The Kier molecular flexibility index (Phi) is 6.78. The number of nitrogens with one attached hydrogen (secondary N) is 1. The van der Waals surface area contributed by atoms with Crippen molar-refractivity contribution in [2.75, 3.05) is 46.9 Å². The maximum atomic E-state index is 5.32. The smallest absolute Gasteiger partial charge is 0.193 e. The third-order valence-corrected chi connectivity index (χ3v) is 5.70. The summed E-state index contributed by atoms with van der Waals surface area (Å²) >= 11 is 0. The number of ether oxygens (including phenoxy) is 1. The van der Waals surface area contributed by atoms with Gasteiger partial charge < -0.3 is 15.0 Å². The van der Waals surface area contributed by atoms with Crippen LogP contribution in [0, 0.1) is 5.92 Å². The zero-order valence-electron chi connectivity index (χ0n) is 16.6. The van der Waals surface area contributed by atoms with Crippen molar-refractivity contribution >= 4 is 5.96 Å². The number of rotatable bonds is 5. The van der Waals surface area contributed by atoms with Crippen LogP contribution in [-0.4, -0.2) is 62.6 Å². The third kappa shape index (κ3) is 4.70. The van der Waals surface area contributed by atoms with E-state index in [1.54, 1.807) is 7.11 Å². The highest BCUT2D eigenvalue weighted by Crippen LogP contribution is 2.26. The van der Waals surface area contributed by atoms with E-state index in [0.29, 0.717) is 6.04 Å². The Labute approximate surface area is 158 Å². The lowest BCUT2D eigenvalue weighted by Gasteiger charge is -2.35. The molecule has 5 heteroatoms. The minimum absolute atomic E-state index is 0.377. The first kappa shape index (κ1) is 19.0. The van der Waals surface area contributed by atoms with Crippen LogP contribution in [0.4, 0.5) is 0 Å². The van der Waals surface area contributed by atoms with Crippen molar-refractivity contribution in [2.24, 2.45) is 10.9 Å². The molecule has 0 aromatic heterocycles. The van der Waals surface area contributed by atoms with Crippen molar-refractivity contribution in [2.45, 2.75) is 38.6 Å². The van der Waals surface area contributed by atoms with Crippen molar-refractivity contribution in [3.8, 4) is 5.75 Å². The van der Waals surface area contributed by atoms with Crippen LogP contribution in [0.2, 0.25) is 0 Å². The van der Waals surface area contributed by atoms with E-state index in [2.05, 4.69) is 51.3 Å². The molecule has 2 saturated heterocycles. The van der Waals surface area contributed by atoms with Gasteiger partial charge in [-0.1, -0.05) is 19.1 Å². The number of nitrogens with zero attached hydrogens (tertiary/aromatic N) is 3. The number of piperidine rings is 1. The topological polar surface area (TPSA) is 40.1 Å². The van der Waals surface area contributed by atoms with Gasteiger partial charge >= 0.3 is 0 Å². The predicted octanol–water partition coefficient (Wildman–Crippen LogP) is 3.14. The summed E-state index contributed by atoms with van der Waals surface area (Å²) < 4.78 is 5.32. The van der Waals surface area contributed by atoms with E-state index in [0.717, 1.165) is 37.3 Å². The summed E-state index contributed by atoms with van der Waals surface area (Å²) in [5.41, 5.74) is 1.35. The fourth-order valence-electron chi connectivity index (χ4n) is 4.24. The van der Waals surface area contributed by atoms with Gasteiger partial charge in [0.1, 0.15) is 5.75 Å². The lowest BCUT2D eigenvalue weighted by Crippen LogP contribution is -2.48. The molecule has 2 atom stereocenters. The Morgan fingerprint density at radius 1 is 1.19 bits per heavy atom. The largest absolute Gasteiger partial charge is 0.497 e. The summed E-state index contributed by atoms with van der Waals surface area (Å²) in [5, 5.41) is 3.67. The maximum absolute atomic E-state index is 5.32. The van der Waals surface area contributed by atoms with Crippen molar-refractivity contribution < 1.29 is 4.74 Å². The molecule has 2 aliphatic heterocycles. The summed E-state index contributed by atoms with van der Waals surface area (Å²) in [5.74, 6) is 2.72. The number of methoxy groups -OCH3 is 1. The van der Waals surface area contributed by atoms with E-state index in [4.69, 9.17) is 4.74 Å². The zero-order valence-corrected chi connectivity index (χ0v) is 16.6. The molecule has 5 nitrogen and oxygen atoms in total. The summed E-state index contributed by atoms with van der Waals surface area (Å²) in [6, 6.07) is 8.92. The number of aliphatic imine (C=N–C) groups is 1. The molecule has 26 heavy (non-hydrogen) atoms. The van der Waals surface area contributed by atoms with Crippen molar-refractivity contribution in [1.29, 1.82) is 0 Å². The van der Waals surface area contributed by atoms with Gasteiger partial charge in [-0.15, -0.1) is 0 Å². The Bertz CT molecular complexity index is 580. The maximum Gasteiger partial charge on any atom is 0.193 e. The van der Waals surface area contributed by atoms with Gasteiger partial charge in [-0.25, -0.2) is 0 Å². The number of guanidine groups is 1. The SMILES string of the molecule is CN=C(NCC(c1ccc(OC)cc1)N1CCCC1)N1CCCC(C)C1. The third-order valence-electron chi connectivity index (χ3n) is 5.70. The molecule has 1 aromatic rings. The molecule has 1 N–H and O–H groups in total. The van der Waals surface area contributed by atoms with Crippen molar-refractivity contribution in [3.63, 3.8) is 0 Å². The second-order valence-electron chi connectivity index (χ2n) is 7.65. The van der Waals surface area contributed by atoms with Crippen LogP contribution in [-0.2, 0) is 0 Å². The van der Waals surface area contributed by atoms with E-state index in [-0.39, 0.29) is 0 Å². The van der Waals surface area contributed by atoms with Crippen LogP contribution in [0.25, 0.3) is 0 Å².